The number of nitrogens with zero attached hydrogens (tertiary/aromatic N) is 4. The molecule has 0 bridgehead atoms. The monoisotopic (exact) mass is 537 g/mol. The lowest BCUT2D eigenvalue weighted by molar-refractivity contribution is -0.130. The molecule has 40 heavy (non-hydrogen) atoms. The van der Waals surface area contributed by atoms with Crippen molar-refractivity contribution in [2.24, 2.45) is 10.7 Å². The minimum Gasteiger partial charge on any atom is -0.369 e. The summed E-state index contributed by atoms with van der Waals surface area (Å²) in [4.78, 5) is 39.4. The van der Waals surface area contributed by atoms with Crippen LogP contribution in [0.25, 0.3) is 0 Å². The van der Waals surface area contributed by atoms with Gasteiger partial charge in [-0.05, 0) is 77.2 Å². The van der Waals surface area contributed by atoms with Gasteiger partial charge in [0.25, 0.3) is 11.8 Å². The number of rotatable bonds is 5. The molecule has 0 saturated carbocycles. The van der Waals surface area contributed by atoms with Gasteiger partial charge >= 0.3 is 0 Å². The van der Waals surface area contributed by atoms with E-state index in [1.54, 1.807) is 29.2 Å². The number of guanidine groups is 1. The van der Waals surface area contributed by atoms with Crippen LogP contribution in [0.3, 0.4) is 0 Å². The van der Waals surface area contributed by atoms with Crippen LogP contribution >= 0.6 is 0 Å². The highest BCUT2D eigenvalue weighted by Crippen LogP contribution is 2.40. The number of fused-ring (bicyclic) bond motifs is 1. The zero-order chi connectivity index (χ0) is 28.0. The Hall–Kier alpha value is -4.92. The lowest BCUT2D eigenvalue weighted by atomic mass is 9.82. The molecule has 9 heteroatoms. The van der Waals surface area contributed by atoms with Crippen molar-refractivity contribution in [2.75, 3.05) is 0 Å². The van der Waals surface area contributed by atoms with Gasteiger partial charge in [0.2, 0.25) is 0 Å². The van der Waals surface area contributed by atoms with Gasteiger partial charge in [-0.1, -0.05) is 36.4 Å². The Morgan fingerprint density at radius 1 is 0.925 bits per heavy atom. The summed E-state index contributed by atoms with van der Waals surface area (Å²) in [6.07, 6.45) is 1.81. The lowest BCUT2D eigenvalue weighted by Gasteiger charge is -2.27. The third-order valence-corrected chi connectivity index (χ3v) is 7.38. The first-order valence-corrected chi connectivity index (χ1v) is 12.8. The van der Waals surface area contributed by atoms with Crippen molar-refractivity contribution in [1.82, 2.24) is 14.8 Å². The molecule has 0 unspecified atom stereocenters. The number of aryl methyl sites for hydroxylation is 1. The standard InChI is InChI=1S/C31H25F2N5O2/c1-19-13-22-17-37(18-23(22)15-35-19)28(39)21-4-2-3-20(14-21)16-38-29(40)31(36-30(38)34,24-5-9-26(32)10-6-24)25-7-11-27(33)12-8-25/h2-15H,16-18H2,1H3,(H2,34,36). The Morgan fingerprint density at radius 3 is 2.20 bits per heavy atom. The van der Waals surface area contributed by atoms with Crippen LogP contribution < -0.4 is 5.73 Å². The average molecular weight is 538 g/mol. The van der Waals surface area contributed by atoms with E-state index in [2.05, 4.69) is 9.98 Å². The summed E-state index contributed by atoms with van der Waals surface area (Å²) in [7, 11) is 0. The van der Waals surface area contributed by atoms with Crippen molar-refractivity contribution < 1.29 is 18.4 Å². The van der Waals surface area contributed by atoms with Crippen molar-refractivity contribution in [3.8, 4) is 0 Å². The number of nitrogens with two attached hydrogens (primary N) is 1. The van der Waals surface area contributed by atoms with Crippen LogP contribution in [-0.4, -0.2) is 32.6 Å². The second kappa shape index (κ2) is 9.68. The maximum atomic E-state index is 14.1. The van der Waals surface area contributed by atoms with Crippen LogP contribution in [0.1, 0.15) is 43.9 Å². The highest BCUT2D eigenvalue weighted by molar-refractivity contribution is 6.09. The van der Waals surface area contributed by atoms with Crippen LogP contribution in [-0.2, 0) is 30.0 Å². The van der Waals surface area contributed by atoms with E-state index in [1.807, 2.05) is 19.2 Å². The van der Waals surface area contributed by atoms with E-state index >= 15 is 0 Å². The van der Waals surface area contributed by atoms with Gasteiger partial charge in [0.15, 0.2) is 11.5 Å². The summed E-state index contributed by atoms with van der Waals surface area (Å²) in [5.74, 6) is -1.56. The topological polar surface area (TPSA) is 91.9 Å². The molecule has 6 rings (SSSR count). The number of aromatic nitrogens is 1. The third kappa shape index (κ3) is 4.29. The summed E-state index contributed by atoms with van der Waals surface area (Å²) in [5.41, 5.74) is 9.69. The number of aliphatic imine (C=N–C) groups is 1. The SMILES string of the molecule is Cc1cc2c(cn1)CN(C(=O)c1cccc(CN3C(=O)C(c4ccc(F)cc4)(c4ccc(F)cc4)N=C3N)c1)C2. The molecule has 0 aliphatic carbocycles. The van der Waals surface area contributed by atoms with Gasteiger partial charge in [0.1, 0.15) is 11.6 Å². The van der Waals surface area contributed by atoms with E-state index in [0.29, 0.717) is 35.3 Å². The molecule has 2 N–H and O–H groups in total. The number of hydrogen-bond acceptors (Lipinski definition) is 5. The van der Waals surface area contributed by atoms with Gasteiger partial charge < -0.3 is 10.6 Å². The Kier molecular flexibility index (Phi) is 6.14. The molecule has 2 amide bonds. The van der Waals surface area contributed by atoms with Gasteiger partial charge in [-0.15, -0.1) is 0 Å². The van der Waals surface area contributed by atoms with Crippen LogP contribution in [0.5, 0.6) is 0 Å². The van der Waals surface area contributed by atoms with Crippen molar-refractivity contribution >= 4 is 17.8 Å². The average Bonchev–Trinajstić information content (AvgIpc) is 3.48. The normalized spacial score (nSPS) is 15.8. The number of carbonyl (C=O) groups is 2. The fraction of sp³-hybridized carbons (Fsp3) is 0.161. The highest BCUT2D eigenvalue weighted by Gasteiger charge is 2.50. The molecule has 0 radical (unpaired) electrons. The first-order chi connectivity index (χ1) is 19.2. The van der Waals surface area contributed by atoms with E-state index < -0.39 is 23.1 Å². The zero-order valence-corrected chi connectivity index (χ0v) is 21.6. The lowest BCUT2D eigenvalue weighted by Crippen LogP contribution is -2.43. The Labute approximate surface area is 229 Å². The molecule has 7 nitrogen and oxygen atoms in total. The number of halogens is 2. The summed E-state index contributed by atoms with van der Waals surface area (Å²) in [6, 6.07) is 19.9. The minimum absolute atomic E-state index is 0.0340. The second-order valence-corrected chi connectivity index (χ2v) is 10.0. The van der Waals surface area contributed by atoms with Gasteiger partial charge in [-0.25, -0.2) is 13.8 Å². The predicted octanol–water partition coefficient (Wildman–Crippen LogP) is 4.42. The molecular weight excluding hydrogens is 512 g/mol. The van der Waals surface area contributed by atoms with Crippen molar-refractivity contribution in [3.05, 3.63) is 136 Å². The number of amides is 2. The molecular formula is C31H25F2N5O2. The smallest absolute Gasteiger partial charge is 0.266 e. The van der Waals surface area contributed by atoms with E-state index in [9.17, 15) is 18.4 Å². The summed E-state index contributed by atoms with van der Waals surface area (Å²) < 4.78 is 27.5. The molecule has 0 fully saturated rings. The number of benzene rings is 3. The quantitative estimate of drug-likeness (QED) is 0.408. The minimum atomic E-state index is -1.60. The van der Waals surface area contributed by atoms with Crippen LogP contribution in [0, 0.1) is 18.6 Å². The van der Waals surface area contributed by atoms with Gasteiger partial charge in [0.05, 0.1) is 6.54 Å². The molecule has 2 aliphatic rings. The van der Waals surface area contributed by atoms with Gasteiger partial charge in [-0.3, -0.25) is 19.5 Å². The van der Waals surface area contributed by atoms with Gasteiger partial charge in [0, 0.05) is 30.5 Å². The fourth-order valence-corrected chi connectivity index (χ4v) is 5.37. The van der Waals surface area contributed by atoms with E-state index in [0.717, 1.165) is 16.8 Å². The number of hydrogen-bond donors (Lipinski definition) is 1. The largest absolute Gasteiger partial charge is 0.369 e. The van der Waals surface area contributed by atoms with Crippen molar-refractivity contribution in [1.29, 1.82) is 0 Å². The summed E-state index contributed by atoms with van der Waals surface area (Å²) >= 11 is 0. The van der Waals surface area contributed by atoms with Crippen molar-refractivity contribution in [2.45, 2.75) is 32.1 Å². The second-order valence-electron chi connectivity index (χ2n) is 10.0. The molecule has 1 aromatic heterocycles. The van der Waals surface area contributed by atoms with Crippen LogP contribution in [0.2, 0.25) is 0 Å². The van der Waals surface area contributed by atoms with Crippen LogP contribution in [0.4, 0.5) is 8.78 Å². The molecule has 3 aromatic carbocycles. The van der Waals surface area contributed by atoms with E-state index in [-0.39, 0.29) is 18.4 Å². The Morgan fingerprint density at radius 2 is 1.55 bits per heavy atom. The number of carbonyl (C=O) groups excluding carboxylic acids is 2. The number of pyridine rings is 1. The highest BCUT2D eigenvalue weighted by atomic mass is 19.1. The van der Waals surface area contributed by atoms with E-state index in [1.165, 1.54) is 53.4 Å². The maximum Gasteiger partial charge on any atom is 0.266 e. The van der Waals surface area contributed by atoms with Gasteiger partial charge in [-0.2, -0.15) is 0 Å². The summed E-state index contributed by atoms with van der Waals surface area (Å²) in [6.45, 7) is 2.96. The fourth-order valence-electron chi connectivity index (χ4n) is 5.37. The Balaban J connectivity index is 1.29. The molecule has 0 saturated heterocycles. The van der Waals surface area contributed by atoms with E-state index in [4.69, 9.17) is 5.73 Å². The zero-order valence-electron chi connectivity index (χ0n) is 21.6. The first kappa shape index (κ1) is 25.4. The molecule has 0 atom stereocenters. The Bertz CT molecular complexity index is 1620. The summed E-state index contributed by atoms with van der Waals surface area (Å²) in [5, 5.41) is 0. The van der Waals surface area contributed by atoms with Crippen molar-refractivity contribution in [3.63, 3.8) is 0 Å². The first-order valence-electron chi connectivity index (χ1n) is 12.8. The predicted molar refractivity (Wildman–Crippen MR) is 145 cm³/mol. The molecule has 0 spiro atoms. The molecule has 4 aromatic rings. The molecule has 2 aliphatic heterocycles. The molecule has 3 heterocycles. The maximum absolute atomic E-state index is 14.1. The van der Waals surface area contributed by atoms with Crippen LogP contribution in [0.15, 0.2) is 90.1 Å². The third-order valence-electron chi connectivity index (χ3n) is 7.38. The molecule has 200 valence electrons.